The van der Waals surface area contributed by atoms with Crippen LogP contribution >= 0.6 is 0 Å². The number of ether oxygens (including phenoxy) is 1. The maximum Gasteiger partial charge on any atom is 0.120 e. The molecule has 3 nitrogen and oxygen atoms in total. The zero-order valence-electron chi connectivity index (χ0n) is 9.19. The molecule has 3 heteroatoms. The highest BCUT2D eigenvalue weighted by atomic mass is 16.5. The minimum Gasteiger partial charge on any atom is -0.385 e. The molecule has 15 heavy (non-hydrogen) atoms. The molecule has 0 spiro atoms. The van der Waals surface area contributed by atoms with E-state index in [0.717, 1.165) is 12.7 Å². The van der Waals surface area contributed by atoms with Gasteiger partial charge in [0.15, 0.2) is 0 Å². The lowest BCUT2D eigenvalue weighted by Gasteiger charge is -1.90. The molecule has 0 amide bonds. The maximum atomic E-state index is 9.62. The highest BCUT2D eigenvalue weighted by Gasteiger charge is 1.80. The van der Waals surface area contributed by atoms with E-state index in [1.807, 2.05) is 30.3 Å². The molecule has 0 radical (unpaired) electrons. The number of rotatable bonds is 5. The summed E-state index contributed by atoms with van der Waals surface area (Å²) in [5.41, 5.74) is 6.54. The Bertz CT molecular complexity index is 237. The largest absolute Gasteiger partial charge is 0.385 e. The predicted molar refractivity (Wildman–Crippen MR) is 61.5 cm³/mol. The molecule has 0 unspecified atom stereocenters. The van der Waals surface area contributed by atoms with Crippen molar-refractivity contribution in [3.05, 3.63) is 35.9 Å². The normalized spacial score (nSPS) is 8.93. The number of aldehydes is 1. The molecule has 0 bridgehead atoms. The molecule has 0 aliphatic rings. The van der Waals surface area contributed by atoms with E-state index in [0.29, 0.717) is 19.6 Å². The number of hydrogen-bond donors (Lipinski definition) is 1. The molecule has 1 aromatic rings. The van der Waals surface area contributed by atoms with Crippen LogP contribution in [0.3, 0.4) is 0 Å². The molecular weight excluding hydrogens is 190 g/mol. The van der Waals surface area contributed by atoms with Crippen molar-refractivity contribution < 1.29 is 9.53 Å². The van der Waals surface area contributed by atoms with E-state index in [-0.39, 0.29) is 0 Å². The third kappa shape index (κ3) is 9.12. The summed E-state index contributed by atoms with van der Waals surface area (Å²) in [6, 6.07) is 9.99. The Labute approximate surface area is 91.2 Å². The first-order valence-electron chi connectivity index (χ1n) is 5.01. The van der Waals surface area contributed by atoms with Gasteiger partial charge in [-0.15, -0.1) is 0 Å². The van der Waals surface area contributed by atoms with E-state index >= 15 is 0 Å². The number of methoxy groups -OCH3 is 1. The Morgan fingerprint density at radius 3 is 2.40 bits per heavy atom. The quantitative estimate of drug-likeness (QED) is 0.594. The first-order chi connectivity index (χ1) is 7.35. The second-order valence-corrected chi connectivity index (χ2v) is 2.99. The summed E-state index contributed by atoms with van der Waals surface area (Å²) in [6.45, 7) is 1.33. The zero-order valence-corrected chi connectivity index (χ0v) is 9.19. The van der Waals surface area contributed by atoms with Crippen LogP contribution in [0.4, 0.5) is 0 Å². The second-order valence-electron chi connectivity index (χ2n) is 2.99. The molecule has 0 aliphatic heterocycles. The van der Waals surface area contributed by atoms with E-state index in [1.54, 1.807) is 7.11 Å². The average Bonchev–Trinajstić information content (AvgIpc) is 2.32. The fourth-order valence-electron chi connectivity index (χ4n) is 0.925. The number of nitrogens with two attached hydrogens (primary N) is 1. The molecule has 0 atom stereocenters. The second kappa shape index (κ2) is 10.9. The Balaban J connectivity index is 0.000000265. The number of hydrogen-bond acceptors (Lipinski definition) is 3. The van der Waals surface area contributed by atoms with E-state index in [1.165, 1.54) is 5.56 Å². The Kier molecular flexibility index (Phi) is 10.0. The van der Waals surface area contributed by atoms with Crippen LogP contribution in [0.2, 0.25) is 0 Å². The van der Waals surface area contributed by atoms with Gasteiger partial charge in [-0.25, -0.2) is 0 Å². The average molecular weight is 209 g/mol. The van der Waals surface area contributed by atoms with Crippen molar-refractivity contribution in [2.75, 3.05) is 13.7 Å². The van der Waals surface area contributed by atoms with Gasteiger partial charge in [0.1, 0.15) is 6.29 Å². The van der Waals surface area contributed by atoms with Crippen LogP contribution < -0.4 is 5.73 Å². The summed E-state index contributed by atoms with van der Waals surface area (Å²) >= 11 is 0. The van der Waals surface area contributed by atoms with Crippen molar-refractivity contribution in [2.24, 2.45) is 5.73 Å². The summed E-state index contributed by atoms with van der Waals surface area (Å²) in [7, 11) is 1.63. The van der Waals surface area contributed by atoms with Crippen molar-refractivity contribution in [2.45, 2.75) is 19.4 Å². The summed E-state index contributed by atoms with van der Waals surface area (Å²) in [5, 5.41) is 0. The summed E-state index contributed by atoms with van der Waals surface area (Å²) in [4.78, 5) is 9.62. The monoisotopic (exact) mass is 209 g/mol. The van der Waals surface area contributed by atoms with Gasteiger partial charge in [-0.05, 0) is 12.0 Å². The van der Waals surface area contributed by atoms with Crippen LogP contribution in [0, 0.1) is 0 Å². The van der Waals surface area contributed by atoms with Gasteiger partial charge in [0, 0.05) is 26.7 Å². The minimum atomic E-state index is 0.619. The third-order valence-corrected chi connectivity index (χ3v) is 1.75. The van der Waals surface area contributed by atoms with Crippen molar-refractivity contribution in [3.63, 3.8) is 0 Å². The van der Waals surface area contributed by atoms with E-state index in [2.05, 4.69) is 4.74 Å². The van der Waals surface area contributed by atoms with Crippen LogP contribution in [0.15, 0.2) is 30.3 Å². The van der Waals surface area contributed by atoms with Crippen LogP contribution in [0.25, 0.3) is 0 Å². The molecule has 84 valence electrons. The van der Waals surface area contributed by atoms with Crippen LogP contribution in [-0.2, 0) is 16.1 Å². The SMILES string of the molecule is COCCCC=O.NCc1ccccc1. The molecule has 0 heterocycles. The lowest BCUT2D eigenvalue weighted by Crippen LogP contribution is -1.94. The molecule has 0 aromatic heterocycles. The molecule has 1 rings (SSSR count). The van der Waals surface area contributed by atoms with E-state index in [9.17, 15) is 4.79 Å². The van der Waals surface area contributed by atoms with E-state index < -0.39 is 0 Å². The van der Waals surface area contributed by atoms with Crippen LogP contribution in [-0.4, -0.2) is 20.0 Å². The third-order valence-electron chi connectivity index (χ3n) is 1.75. The van der Waals surface area contributed by atoms with Gasteiger partial charge in [-0.3, -0.25) is 0 Å². The number of benzene rings is 1. The molecule has 0 saturated heterocycles. The fraction of sp³-hybridized carbons (Fsp3) is 0.417. The van der Waals surface area contributed by atoms with Gasteiger partial charge >= 0.3 is 0 Å². The van der Waals surface area contributed by atoms with Crippen molar-refractivity contribution in [1.82, 2.24) is 0 Å². The van der Waals surface area contributed by atoms with Crippen molar-refractivity contribution in [1.29, 1.82) is 0 Å². The van der Waals surface area contributed by atoms with Crippen molar-refractivity contribution in [3.8, 4) is 0 Å². The highest BCUT2D eigenvalue weighted by molar-refractivity contribution is 5.48. The summed E-state index contributed by atoms with van der Waals surface area (Å²) < 4.78 is 4.69. The summed E-state index contributed by atoms with van der Waals surface area (Å²) in [5.74, 6) is 0. The smallest absolute Gasteiger partial charge is 0.120 e. The standard InChI is InChI=1S/C7H9N.C5H10O2/c8-6-7-4-2-1-3-5-7;1-7-5-3-2-4-6/h1-5H,6,8H2;4H,2-3,5H2,1H3. The Morgan fingerprint density at radius 1 is 1.33 bits per heavy atom. The molecule has 0 aliphatic carbocycles. The number of carbonyl (C=O) groups is 1. The molecular formula is C12H19NO2. The zero-order chi connectivity index (χ0) is 11.4. The van der Waals surface area contributed by atoms with Crippen LogP contribution in [0.1, 0.15) is 18.4 Å². The fourth-order valence-corrected chi connectivity index (χ4v) is 0.925. The molecule has 0 fully saturated rings. The number of carbonyl (C=O) groups excluding carboxylic acids is 1. The summed E-state index contributed by atoms with van der Waals surface area (Å²) in [6.07, 6.45) is 2.37. The van der Waals surface area contributed by atoms with Gasteiger partial charge in [0.2, 0.25) is 0 Å². The van der Waals surface area contributed by atoms with Gasteiger partial charge in [-0.1, -0.05) is 30.3 Å². The molecule has 0 saturated carbocycles. The molecule has 2 N–H and O–H groups in total. The Hall–Kier alpha value is -1.19. The topological polar surface area (TPSA) is 52.3 Å². The van der Waals surface area contributed by atoms with Crippen molar-refractivity contribution >= 4 is 6.29 Å². The Morgan fingerprint density at radius 2 is 2.00 bits per heavy atom. The maximum absolute atomic E-state index is 9.62. The van der Waals surface area contributed by atoms with Gasteiger partial charge in [0.05, 0.1) is 0 Å². The van der Waals surface area contributed by atoms with E-state index in [4.69, 9.17) is 5.73 Å². The highest BCUT2D eigenvalue weighted by Crippen LogP contribution is 1.94. The van der Waals surface area contributed by atoms with Crippen LogP contribution in [0.5, 0.6) is 0 Å². The van der Waals surface area contributed by atoms with Gasteiger partial charge in [0.25, 0.3) is 0 Å². The minimum absolute atomic E-state index is 0.619. The molecule has 1 aromatic carbocycles. The van der Waals surface area contributed by atoms with Gasteiger partial charge in [-0.2, -0.15) is 0 Å². The number of unbranched alkanes of at least 4 members (excludes halogenated alkanes) is 1. The first kappa shape index (κ1) is 13.8. The lowest BCUT2D eigenvalue weighted by atomic mass is 10.2. The lowest BCUT2D eigenvalue weighted by molar-refractivity contribution is -0.108. The first-order valence-corrected chi connectivity index (χ1v) is 5.01. The van der Waals surface area contributed by atoms with Gasteiger partial charge < -0.3 is 15.3 Å². The predicted octanol–water partition coefficient (Wildman–Crippen LogP) is 1.76.